The van der Waals surface area contributed by atoms with Crippen LogP contribution in [-0.2, 0) is 4.79 Å². The van der Waals surface area contributed by atoms with E-state index in [0.29, 0.717) is 12.0 Å². The molecule has 0 bridgehead atoms. The SMILES string of the molecule is O=C(O)C1CCC(CCC2c3ccccc3-c3cncn32)CC1. The molecule has 4 rings (SSSR count). The largest absolute Gasteiger partial charge is 0.481 e. The molecule has 1 aliphatic heterocycles. The molecule has 1 aromatic carbocycles. The quantitative estimate of drug-likeness (QED) is 0.924. The highest BCUT2D eigenvalue weighted by atomic mass is 16.4. The molecule has 0 spiro atoms. The average molecular weight is 310 g/mol. The number of aromatic nitrogens is 2. The van der Waals surface area contributed by atoms with Gasteiger partial charge in [-0.25, -0.2) is 4.98 Å². The van der Waals surface area contributed by atoms with Crippen LogP contribution >= 0.6 is 0 Å². The third-order valence-corrected chi connectivity index (χ3v) is 5.64. The van der Waals surface area contributed by atoms with E-state index in [9.17, 15) is 4.79 Å². The molecule has 2 aromatic rings. The monoisotopic (exact) mass is 310 g/mol. The van der Waals surface area contributed by atoms with Crippen LogP contribution in [0.4, 0.5) is 0 Å². The molecule has 1 atom stereocenters. The van der Waals surface area contributed by atoms with E-state index in [0.717, 1.165) is 32.1 Å². The van der Waals surface area contributed by atoms with Crippen LogP contribution < -0.4 is 0 Å². The second-order valence-corrected chi connectivity index (χ2v) is 6.92. The lowest BCUT2D eigenvalue weighted by Gasteiger charge is -2.27. The number of carbonyl (C=O) groups is 1. The Morgan fingerprint density at radius 3 is 2.74 bits per heavy atom. The van der Waals surface area contributed by atoms with Gasteiger partial charge < -0.3 is 9.67 Å². The number of benzene rings is 1. The molecule has 2 aliphatic rings. The fraction of sp³-hybridized carbons (Fsp3) is 0.474. The van der Waals surface area contributed by atoms with Crippen molar-refractivity contribution in [2.45, 2.75) is 44.6 Å². The molecule has 1 saturated carbocycles. The van der Waals surface area contributed by atoms with E-state index in [1.165, 1.54) is 23.2 Å². The van der Waals surface area contributed by atoms with E-state index >= 15 is 0 Å². The van der Waals surface area contributed by atoms with E-state index in [2.05, 4.69) is 33.8 Å². The van der Waals surface area contributed by atoms with Crippen molar-refractivity contribution in [2.24, 2.45) is 11.8 Å². The van der Waals surface area contributed by atoms with Gasteiger partial charge >= 0.3 is 5.97 Å². The fourth-order valence-corrected chi connectivity index (χ4v) is 4.32. The number of carboxylic acid groups (broad SMARTS) is 1. The number of hydrogen-bond donors (Lipinski definition) is 1. The van der Waals surface area contributed by atoms with Gasteiger partial charge in [0.1, 0.15) is 0 Å². The molecule has 1 aliphatic carbocycles. The van der Waals surface area contributed by atoms with Crippen LogP contribution in [0, 0.1) is 11.8 Å². The summed E-state index contributed by atoms with van der Waals surface area (Å²) in [5.74, 6) is -0.0553. The summed E-state index contributed by atoms with van der Waals surface area (Å²) in [6.45, 7) is 0. The lowest BCUT2D eigenvalue weighted by Crippen LogP contribution is -2.21. The molecule has 1 fully saturated rings. The molecule has 0 amide bonds. The number of fused-ring (bicyclic) bond motifs is 3. The van der Waals surface area contributed by atoms with Crippen LogP contribution in [0.15, 0.2) is 36.8 Å². The van der Waals surface area contributed by atoms with Crippen LogP contribution in [0.5, 0.6) is 0 Å². The van der Waals surface area contributed by atoms with Crippen LogP contribution in [0.1, 0.15) is 50.1 Å². The molecular weight excluding hydrogens is 288 g/mol. The molecular formula is C19H22N2O2. The molecule has 1 N–H and O–H groups in total. The Morgan fingerprint density at radius 1 is 1.17 bits per heavy atom. The first-order valence-electron chi connectivity index (χ1n) is 8.58. The van der Waals surface area contributed by atoms with E-state index in [1.54, 1.807) is 0 Å². The van der Waals surface area contributed by atoms with Crippen molar-refractivity contribution in [3.63, 3.8) is 0 Å². The standard InChI is InChI=1S/C19H22N2O2/c22-19(23)14-8-5-13(6-9-14)7-10-17-15-3-1-2-4-16(15)18-11-20-12-21(17)18/h1-4,11-14,17H,5-10H2,(H,22,23). The maximum absolute atomic E-state index is 11.1. The first kappa shape index (κ1) is 14.5. The van der Waals surface area contributed by atoms with Gasteiger partial charge in [0.25, 0.3) is 0 Å². The molecule has 120 valence electrons. The normalized spacial score (nSPS) is 25.8. The van der Waals surface area contributed by atoms with Gasteiger partial charge in [-0.3, -0.25) is 4.79 Å². The average Bonchev–Trinajstić information content (AvgIpc) is 3.15. The topological polar surface area (TPSA) is 55.1 Å². The Balaban J connectivity index is 1.43. The van der Waals surface area contributed by atoms with Gasteiger partial charge in [-0.15, -0.1) is 0 Å². The maximum atomic E-state index is 11.1. The minimum atomic E-state index is -0.615. The van der Waals surface area contributed by atoms with Crippen molar-refractivity contribution >= 4 is 5.97 Å². The van der Waals surface area contributed by atoms with Crippen LogP contribution in [0.2, 0.25) is 0 Å². The van der Waals surface area contributed by atoms with Crippen molar-refractivity contribution in [3.05, 3.63) is 42.4 Å². The summed E-state index contributed by atoms with van der Waals surface area (Å²) in [6, 6.07) is 9.01. The number of hydrogen-bond acceptors (Lipinski definition) is 2. The molecule has 23 heavy (non-hydrogen) atoms. The zero-order valence-corrected chi connectivity index (χ0v) is 13.2. The van der Waals surface area contributed by atoms with Crippen LogP contribution in [0.3, 0.4) is 0 Å². The molecule has 2 heterocycles. The fourth-order valence-electron chi connectivity index (χ4n) is 4.32. The van der Waals surface area contributed by atoms with Gasteiger partial charge in [-0.2, -0.15) is 0 Å². The van der Waals surface area contributed by atoms with Crippen molar-refractivity contribution in [1.29, 1.82) is 0 Å². The maximum Gasteiger partial charge on any atom is 0.306 e. The minimum Gasteiger partial charge on any atom is -0.481 e. The van der Waals surface area contributed by atoms with Crippen LogP contribution in [0.25, 0.3) is 11.3 Å². The first-order chi connectivity index (χ1) is 11.2. The summed E-state index contributed by atoms with van der Waals surface area (Å²) in [6.07, 6.45) is 9.99. The van der Waals surface area contributed by atoms with E-state index in [-0.39, 0.29) is 5.92 Å². The first-order valence-corrected chi connectivity index (χ1v) is 8.58. The highest BCUT2D eigenvalue weighted by molar-refractivity contribution is 5.70. The molecule has 1 unspecified atom stereocenters. The van der Waals surface area contributed by atoms with E-state index in [4.69, 9.17) is 5.11 Å². The number of nitrogens with zero attached hydrogens (tertiary/aromatic N) is 2. The van der Waals surface area contributed by atoms with Crippen molar-refractivity contribution in [1.82, 2.24) is 9.55 Å². The van der Waals surface area contributed by atoms with E-state index in [1.807, 2.05) is 12.5 Å². The molecule has 0 radical (unpaired) electrons. The van der Waals surface area contributed by atoms with Crippen molar-refractivity contribution in [3.8, 4) is 11.3 Å². The van der Waals surface area contributed by atoms with Crippen molar-refractivity contribution < 1.29 is 9.90 Å². The lowest BCUT2D eigenvalue weighted by molar-refractivity contribution is -0.143. The lowest BCUT2D eigenvalue weighted by atomic mass is 9.79. The van der Waals surface area contributed by atoms with Gasteiger partial charge in [0, 0.05) is 5.56 Å². The Hall–Kier alpha value is -2.10. The Morgan fingerprint density at radius 2 is 1.96 bits per heavy atom. The number of carboxylic acids is 1. The second-order valence-electron chi connectivity index (χ2n) is 6.92. The zero-order chi connectivity index (χ0) is 15.8. The molecule has 4 nitrogen and oxygen atoms in total. The Labute approximate surface area is 136 Å². The van der Waals surface area contributed by atoms with Gasteiger partial charge in [-0.1, -0.05) is 24.3 Å². The van der Waals surface area contributed by atoms with Crippen LogP contribution in [-0.4, -0.2) is 20.6 Å². The summed E-state index contributed by atoms with van der Waals surface area (Å²) < 4.78 is 2.30. The third kappa shape index (κ3) is 2.56. The van der Waals surface area contributed by atoms with E-state index < -0.39 is 5.97 Å². The number of rotatable bonds is 4. The molecule has 0 saturated heterocycles. The number of aliphatic carboxylic acids is 1. The summed E-state index contributed by atoms with van der Waals surface area (Å²) in [5, 5.41) is 9.11. The Kier molecular flexibility index (Phi) is 3.68. The summed E-state index contributed by atoms with van der Waals surface area (Å²) >= 11 is 0. The molecule has 1 aromatic heterocycles. The second kappa shape index (κ2) is 5.84. The van der Waals surface area contributed by atoms with Gasteiger partial charge in [0.05, 0.1) is 30.2 Å². The molecule has 4 heteroatoms. The highest BCUT2D eigenvalue weighted by Gasteiger charge is 2.30. The number of imidazole rings is 1. The van der Waals surface area contributed by atoms with Gasteiger partial charge in [0.15, 0.2) is 0 Å². The predicted molar refractivity (Wildman–Crippen MR) is 88.1 cm³/mol. The predicted octanol–water partition coefficient (Wildman–Crippen LogP) is 4.12. The minimum absolute atomic E-state index is 0.112. The van der Waals surface area contributed by atoms with Gasteiger partial charge in [0.2, 0.25) is 0 Å². The zero-order valence-electron chi connectivity index (χ0n) is 13.2. The highest BCUT2D eigenvalue weighted by Crippen LogP contribution is 2.42. The summed E-state index contributed by atoms with van der Waals surface area (Å²) in [5.41, 5.74) is 3.94. The van der Waals surface area contributed by atoms with Gasteiger partial charge in [-0.05, 0) is 50.0 Å². The smallest absolute Gasteiger partial charge is 0.306 e. The summed E-state index contributed by atoms with van der Waals surface area (Å²) in [4.78, 5) is 15.4. The summed E-state index contributed by atoms with van der Waals surface area (Å²) in [7, 11) is 0. The Bertz CT molecular complexity index is 714. The van der Waals surface area contributed by atoms with Crippen molar-refractivity contribution in [2.75, 3.05) is 0 Å². The third-order valence-electron chi connectivity index (χ3n) is 5.64.